The highest BCUT2D eigenvalue weighted by Crippen LogP contribution is 2.32. The number of imidazole rings is 1. The van der Waals surface area contributed by atoms with Crippen LogP contribution in [0.25, 0.3) is 11.0 Å². The highest BCUT2D eigenvalue weighted by atomic mass is 15.1. The predicted octanol–water partition coefficient (Wildman–Crippen LogP) is 5.06. The number of hydrogen-bond donors (Lipinski definition) is 1. The number of nitrogen functional groups attached to an aromatic ring is 1. The molecule has 1 aromatic heterocycles. The molecule has 0 bridgehead atoms. The number of hydrogen-bond acceptors (Lipinski definition) is 2. The van der Waals surface area contributed by atoms with Crippen LogP contribution < -0.4 is 5.73 Å². The van der Waals surface area contributed by atoms with Crippen LogP contribution in [0.4, 0.5) is 5.69 Å². The maximum absolute atomic E-state index is 5.92. The molecule has 1 aromatic carbocycles. The van der Waals surface area contributed by atoms with Gasteiger partial charge in [0.15, 0.2) is 0 Å². The van der Waals surface area contributed by atoms with E-state index in [9.17, 15) is 0 Å². The van der Waals surface area contributed by atoms with Gasteiger partial charge in [0.05, 0.1) is 11.0 Å². The van der Waals surface area contributed by atoms with Crippen molar-refractivity contribution < 1.29 is 0 Å². The lowest BCUT2D eigenvalue weighted by Crippen LogP contribution is -2.21. The van der Waals surface area contributed by atoms with Gasteiger partial charge in [0.25, 0.3) is 0 Å². The Hall–Kier alpha value is -1.51. The van der Waals surface area contributed by atoms with Gasteiger partial charge < -0.3 is 10.3 Å². The Morgan fingerprint density at radius 3 is 2.57 bits per heavy atom. The van der Waals surface area contributed by atoms with Crippen LogP contribution in [0.3, 0.4) is 0 Å². The van der Waals surface area contributed by atoms with Gasteiger partial charge >= 0.3 is 0 Å². The molecule has 1 heterocycles. The Labute approximate surface area is 128 Å². The van der Waals surface area contributed by atoms with Crippen LogP contribution in [0, 0.1) is 0 Å². The number of fused-ring (bicyclic) bond motifs is 1. The molecule has 2 rings (SSSR count). The van der Waals surface area contributed by atoms with E-state index in [-0.39, 0.29) is 5.41 Å². The van der Waals surface area contributed by atoms with E-state index in [1.165, 1.54) is 31.2 Å². The highest BCUT2D eigenvalue weighted by Gasteiger charge is 2.25. The molecule has 3 heteroatoms. The van der Waals surface area contributed by atoms with Crippen LogP contribution in [-0.2, 0) is 5.41 Å². The second-order valence-corrected chi connectivity index (χ2v) is 7.15. The molecule has 0 amide bonds. The smallest absolute Gasteiger partial charge is 0.115 e. The van der Waals surface area contributed by atoms with Crippen molar-refractivity contribution in [2.45, 2.75) is 71.8 Å². The van der Waals surface area contributed by atoms with E-state index in [4.69, 9.17) is 10.7 Å². The summed E-state index contributed by atoms with van der Waals surface area (Å²) in [6, 6.07) is 6.55. The summed E-state index contributed by atoms with van der Waals surface area (Å²) in [6.07, 6.45) is 5.04. The Kier molecular flexibility index (Phi) is 4.60. The van der Waals surface area contributed by atoms with E-state index in [1.54, 1.807) is 0 Å². The first-order valence-electron chi connectivity index (χ1n) is 8.12. The molecular formula is C18H29N3. The molecule has 0 aliphatic rings. The van der Waals surface area contributed by atoms with E-state index in [2.05, 4.69) is 45.3 Å². The summed E-state index contributed by atoms with van der Waals surface area (Å²) in [7, 11) is 0. The summed E-state index contributed by atoms with van der Waals surface area (Å²) in [6.45, 7) is 11.2. The van der Waals surface area contributed by atoms with Crippen LogP contribution in [0.15, 0.2) is 18.2 Å². The van der Waals surface area contributed by atoms with E-state index in [0.29, 0.717) is 6.04 Å². The van der Waals surface area contributed by atoms with E-state index >= 15 is 0 Å². The number of anilines is 1. The molecule has 1 atom stereocenters. The van der Waals surface area contributed by atoms with E-state index < -0.39 is 0 Å². The Balaban J connectivity index is 2.47. The SMILES string of the molecule is CCCCCC(C)n1c(C(C)(C)C)nc2cc(N)ccc21. The van der Waals surface area contributed by atoms with Gasteiger partial charge in [-0.25, -0.2) is 4.98 Å². The van der Waals surface area contributed by atoms with Gasteiger partial charge in [0.2, 0.25) is 0 Å². The van der Waals surface area contributed by atoms with Gasteiger partial charge in [-0.05, 0) is 31.5 Å². The van der Waals surface area contributed by atoms with Crippen LogP contribution in [0.2, 0.25) is 0 Å². The average Bonchev–Trinajstić information content (AvgIpc) is 2.77. The monoisotopic (exact) mass is 287 g/mol. The molecule has 0 spiro atoms. The summed E-state index contributed by atoms with van der Waals surface area (Å²) < 4.78 is 2.42. The van der Waals surface area contributed by atoms with Gasteiger partial charge in [0.1, 0.15) is 5.82 Å². The number of aromatic nitrogens is 2. The molecule has 0 saturated carbocycles. The predicted molar refractivity (Wildman–Crippen MR) is 91.7 cm³/mol. The number of unbranched alkanes of at least 4 members (excludes halogenated alkanes) is 2. The number of nitrogens with two attached hydrogens (primary N) is 1. The van der Waals surface area contributed by atoms with Crippen molar-refractivity contribution in [3.8, 4) is 0 Å². The second kappa shape index (κ2) is 6.08. The minimum absolute atomic E-state index is 0.0345. The number of rotatable bonds is 5. The first-order chi connectivity index (χ1) is 9.84. The Morgan fingerprint density at radius 1 is 1.24 bits per heavy atom. The zero-order valence-electron chi connectivity index (χ0n) is 14.1. The maximum Gasteiger partial charge on any atom is 0.115 e. The van der Waals surface area contributed by atoms with Gasteiger partial charge in [-0.2, -0.15) is 0 Å². The molecule has 116 valence electrons. The van der Waals surface area contributed by atoms with Crippen molar-refractivity contribution in [3.05, 3.63) is 24.0 Å². The van der Waals surface area contributed by atoms with Gasteiger partial charge in [-0.1, -0.05) is 47.0 Å². The topological polar surface area (TPSA) is 43.8 Å². The summed E-state index contributed by atoms with van der Waals surface area (Å²) in [5, 5.41) is 0. The molecule has 0 aliphatic heterocycles. The fraction of sp³-hybridized carbons (Fsp3) is 0.611. The fourth-order valence-electron chi connectivity index (χ4n) is 2.91. The van der Waals surface area contributed by atoms with Crippen LogP contribution in [-0.4, -0.2) is 9.55 Å². The molecule has 21 heavy (non-hydrogen) atoms. The van der Waals surface area contributed by atoms with Crippen molar-refractivity contribution in [1.82, 2.24) is 9.55 Å². The fourth-order valence-corrected chi connectivity index (χ4v) is 2.91. The average molecular weight is 287 g/mol. The number of benzene rings is 1. The minimum Gasteiger partial charge on any atom is -0.399 e. The van der Waals surface area contributed by atoms with E-state index in [0.717, 1.165) is 17.0 Å². The molecule has 3 nitrogen and oxygen atoms in total. The van der Waals surface area contributed by atoms with Crippen molar-refractivity contribution >= 4 is 16.7 Å². The molecule has 0 saturated heterocycles. The zero-order chi connectivity index (χ0) is 15.6. The molecule has 0 fully saturated rings. The molecule has 0 aliphatic carbocycles. The van der Waals surface area contributed by atoms with E-state index in [1.807, 2.05) is 12.1 Å². The van der Waals surface area contributed by atoms with Crippen LogP contribution in [0.1, 0.15) is 72.2 Å². The standard InChI is InChI=1S/C18H29N3/c1-6-7-8-9-13(2)21-16-11-10-14(19)12-15(16)20-17(21)18(3,4)5/h10-13H,6-9,19H2,1-5H3. The lowest BCUT2D eigenvalue weighted by Gasteiger charge is -2.24. The molecule has 1 unspecified atom stereocenters. The van der Waals surface area contributed by atoms with Crippen molar-refractivity contribution in [3.63, 3.8) is 0 Å². The van der Waals surface area contributed by atoms with Crippen LogP contribution >= 0.6 is 0 Å². The summed E-state index contributed by atoms with van der Waals surface area (Å²) in [5.41, 5.74) is 8.96. The van der Waals surface area contributed by atoms with Crippen LogP contribution in [0.5, 0.6) is 0 Å². The van der Waals surface area contributed by atoms with Gasteiger partial charge in [0, 0.05) is 17.1 Å². The summed E-state index contributed by atoms with van der Waals surface area (Å²) in [5.74, 6) is 1.16. The molecular weight excluding hydrogens is 258 g/mol. The first kappa shape index (κ1) is 15.9. The zero-order valence-corrected chi connectivity index (χ0v) is 14.1. The van der Waals surface area contributed by atoms with Crippen molar-refractivity contribution in [2.24, 2.45) is 0 Å². The van der Waals surface area contributed by atoms with Crippen molar-refractivity contribution in [1.29, 1.82) is 0 Å². The molecule has 0 radical (unpaired) electrons. The molecule has 2 aromatic rings. The largest absolute Gasteiger partial charge is 0.399 e. The quantitative estimate of drug-likeness (QED) is 0.617. The van der Waals surface area contributed by atoms with Crippen molar-refractivity contribution in [2.75, 3.05) is 5.73 Å². The Morgan fingerprint density at radius 2 is 1.95 bits per heavy atom. The first-order valence-corrected chi connectivity index (χ1v) is 8.12. The third-order valence-electron chi connectivity index (χ3n) is 4.05. The third-order valence-corrected chi connectivity index (χ3v) is 4.05. The minimum atomic E-state index is 0.0345. The van der Waals surface area contributed by atoms with Gasteiger partial charge in [-0.15, -0.1) is 0 Å². The second-order valence-electron chi connectivity index (χ2n) is 7.15. The summed E-state index contributed by atoms with van der Waals surface area (Å²) in [4.78, 5) is 4.88. The maximum atomic E-state index is 5.92. The molecule has 2 N–H and O–H groups in total. The normalized spacial score (nSPS) is 13.8. The lowest BCUT2D eigenvalue weighted by atomic mass is 9.95. The third kappa shape index (κ3) is 3.39. The highest BCUT2D eigenvalue weighted by molar-refractivity contribution is 5.80. The number of nitrogens with zero attached hydrogens (tertiary/aromatic N) is 2. The lowest BCUT2D eigenvalue weighted by molar-refractivity contribution is 0.429. The Bertz CT molecular complexity index is 605. The van der Waals surface area contributed by atoms with Gasteiger partial charge in [-0.3, -0.25) is 0 Å². The summed E-state index contributed by atoms with van der Waals surface area (Å²) >= 11 is 0.